The van der Waals surface area contributed by atoms with E-state index in [1.54, 1.807) is 6.92 Å². The van der Waals surface area contributed by atoms with Gasteiger partial charge in [0, 0.05) is 6.61 Å². The lowest BCUT2D eigenvalue weighted by Gasteiger charge is -2.18. The molecular weight excluding hydrogens is 340 g/mol. The Labute approximate surface area is 169 Å². The summed E-state index contributed by atoms with van der Waals surface area (Å²) in [6.45, 7) is 10.4. The largest absolute Gasteiger partial charge is 0.391 e. The lowest BCUT2D eigenvalue weighted by atomic mass is 10.1. The molecule has 4 nitrogen and oxygen atoms in total. The Morgan fingerprint density at radius 1 is 0.593 bits per heavy atom. The molecule has 0 aliphatic heterocycles. The first-order valence-corrected chi connectivity index (χ1v) is 11.5. The molecule has 0 aliphatic rings. The maximum atomic E-state index is 9.19. The average molecular weight is 389 g/mol. The molecule has 0 aliphatic carbocycles. The normalized spacial score (nSPS) is 15.0. The smallest absolute Gasteiger partial charge is 0.0781 e. The Kier molecular flexibility index (Phi) is 20.4. The molecule has 0 fully saturated rings. The van der Waals surface area contributed by atoms with E-state index >= 15 is 0 Å². The van der Waals surface area contributed by atoms with E-state index in [1.165, 1.54) is 70.6 Å². The molecule has 0 saturated heterocycles. The van der Waals surface area contributed by atoms with E-state index in [9.17, 15) is 5.11 Å². The number of aliphatic hydroxyl groups excluding tert-OH is 1. The van der Waals surface area contributed by atoms with Gasteiger partial charge in [-0.2, -0.15) is 0 Å². The van der Waals surface area contributed by atoms with E-state index in [0.29, 0.717) is 19.8 Å². The van der Waals surface area contributed by atoms with Gasteiger partial charge in [0.15, 0.2) is 0 Å². The van der Waals surface area contributed by atoms with Crippen LogP contribution in [0, 0.1) is 0 Å². The topological polar surface area (TPSA) is 47.9 Å². The van der Waals surface area contributed by atoms with Crippen molar-refractivity contribution in [3.05, 3.63) is 0 Å². The molecule has 164 valence electrons. The lowest BCUT2D eigenvalue weighted by Crippen LogP contribution is -2.25. The van der Waals surface area contributed by atoms with Crippen molar-refractivity contribution < 1.29 is 19.3 Å². The van der Waals surface area contributed by atoms with Crippen LogP contribution in [0.25, 0.3) is 0 Å². The van der Waals surface area contributed by atoms with E-state index in [2.05, 4.69) is 6.92 Å². The van der Waals surface area contributed by atoms with Crippen molar-refractivity contribution in [2.45, 2.75) is 123 Å². The zero-order valence-electron chi connectivity index (χ0n) is 18.7. The predicted octanol–water partition coefficient (Wildman–Crippen LogP) is 5.90. The highest BCUT2D eigenvalue weighted by Crippen LogP contribution is 2.12. The van der Waals surface area contributed by atoms with Crippen molar-refractivity contribution in [2.24, 2.45) is 0 Å². The van der Waals surface area contributed by atoms with Gasteiger partial charge in [0.1, 0.15) is 0 Å². The highest BCUT2D eigenvalue weighted by atomic mass is 16.6. The number of unbranched alkanes of at least 4 members (excludes halogenated alkanes) is 11. The summed E-state index contributed by atoms with van der Waals surface area (Å²) in [5.41, 5.74) is 0. The van der Waals surface area contributed by atoms with Gasteiger partial charge in [-0.25, -0.2) is 0 Å². The van der Waals surface area contributed by atoms with Crippen LogP contribution >= 0.6 is 0 Å². The van der Waals surface area contributed by atoms with E-state index in [-0.39, 0.29) is 12.2 Å². The molecule has 0 saturated carbocycles. The highest BCUT2D eigenvalue weighted by Gasteiger charge is 2.08. The molecule has 0 heterocycles. The fourth-order valence-corrected chi connectivity index (χ4v) is 2.99. The van der Waals surface area contributed by atoms with E-state index < -0.39 is 6.10 Å². The summed E-state index contributed by atoms with van der Waals surface area (Å²) in [6.07, 6.45) is 16.1. The fraction of sp³-hybridized carbons (Fsp3) is 1.00. The Balaban J connectivity index is 3.23. The summed E-state index contributed by atoms with van der Waals surface area (Å²) >= 11 is 0. The predicted molar refractivity (Wildman–Crippen MR) is 114 cm³/mol. The number of hydrogen-bond acceptors (Lipinski definition) is 4. The minimum atomic E-state index is -0.427. The standard InChI is InChI=1S/C23H48O4/c1-5-6-7-8-9-10-11-12-13-14-15-16-17-25-19-22(3)27-20-23(4)26-18-21(2)24/h21-24H,5-20H2,1-4H3. The molecule has 27 heavy (non-hydrogen) atoms. The minimum Gasteiger partial charge on any atom is -0.391 e. The molecule has 4 heteroatoms. The van der Waals surface area contributed by atoms with Crippen LogP contribution in [0.2, 0.25) is 0 Å². The van der Waals surface area contributed by atoms with Gasteiger partial charge in [0.05, 0.1) is 38.1 Å². The maximum Gasteiger partial charge on any atom is 0.0781 e. The van der Waals surface area contributed by atoms with Crippen LogP contribution in [0.5, 0.6) is 0 Å². The molecule has 0 radical (unpaired) electrons. The van der Waals surface area contributed by atoms with Crippen molar-refractivity contribution in [1.29, 1.82) is 0 Å². The average Bonchev–Trinajstić information content (AvgIpc) is 2.64. The first-order chi connectivity index (χ1) is 13.1. The zero-order chi connectivity index (χ0) is 20.2. The molecule has 0 bridgehead atoms. The second-order valence-corrected chi connectivity index (χ2v) is 8.10. The molecule has 3 atom stereocenters. The van der Waals surface area contributed by atoms with Crippen molar-refractivity contribution in [3.8, 4) is 0 Å². The van der Waals surface area contributed by atoms with Gasteiger partial charge in [0.25, 0.3) is 0 Å². The van der Waals surface area contributed by atoms with E-state index in [1.807, 2.05) is 13.8 Å². The molecular formula is C23H48O4. The Morgan fingerprint density at radius 3 is 1.56 bits per heavy atom. The van der Waals surface area contributed by atoms with Crippen LogP contribution in [0.3, 0.4) is 0 Å². The number of aliphatic hydroxyl groups is 1. The number of ether oxygens (including phenoxy) is 3. The van der Waals surface area contributed by atoms with Crippen LogP contribution in [0.1, 0.15) is 105 Å². The van der Waals surface area contributed by atoms with Gasteiger partial charge < -0.3 is 19.3 Å². The summed E-state index contributed by atoms with van der Waals surface area (Å²) in [4.78, 5) is 0. The van der Waals surface area contributed by atoms with Gasteiger partial charge in [-0.15, -0.1) is 0 Å². The van der Waals surface area contributed by atoms with Gasteiger partial charge in [0.2, 0.25) is 0 Å². The Morgan fingerprint density at radius 2 is 1.04 bits per heavy atom. The third-order valence-electron chi connectivity index (χ3n) is 4.73. The SMILES string of the molecule is CCCCCCCCCCCCCCOCC(C)OCC(C)OCC(C)O. The molecule has 0 aromatic heterocycles. The van der Waals surface area contributed by atoms with Crippen molar-refractivity contribution in [3.63, 3.8) is 0 Å². The monoisotopic (exact) mass is 388 g/mol. The summed E-state index contributed by atoms with van der Waals surface area (Å²) in [7, 11) is 0. The van der Waals surface area contributed by atoms with Gasteiger partial charge >= 0.3 is 0 Å². The third-order valence-corrected chi connectivity index (χ3v) is 4.73. The summed E-state index contributed by atoms with van der Waals surface area (Å²) in [5, 5.41) is 9.19. The molecule has 0 aromatic rings. The summed E-state index contributed by atoms with van der Waals surface area (Å²) < 4.78 is 16.9. The Hall–Kier alpha value is -0.160. The van der Waals surface area contributed by atoms with Crippen LogP contribution in [0.4, 0.5) is 0 Å². The molecule has 0 amide bonds. The zero-order valence-corrected chi connectivity index (χ0v) is 18.7. The minimum absolute atomic E-state index is 0.00149. The molecule has 0 spiro atoms. The van der Waals surface area contributed by atoms with Gasteiger partial charge in [-0.3, -0.25) is 0 Å². The molecule has 0 aromatic carbocycles. The van der Waals surface area contributed by atoms with Crippen LogP contribution in [0.15, 0.2) is 0 Å². The second kappa shape index (κ2) is 20.6. The van der Waals surface area contributed by atoms with Gasteiger partial charge in [-0.05, 0) is 27.2 Å². The molecule has 1 N–H and O–H groups in total. The van der Waals surface area contributed by atoms with Crippen LogP contribution < -0.4 is 0 Å². The molecule has 3 unspecified atom stereocenters. The summed E-state index contributed by atoms with van der Waals surface area (Å²) in [6, 6.07) is 0. The van der Waals surface area contributed by atoms with Crippen molar-refractivity contribution >= 4 is 0 Å². The molecule has 0 rings (SSSR count). The van der Waals surface area contributed by atoms with Crippen LogP contribution in [-0.2, 0) is 14.2 Å². The highest BCUT2D eigenvalue weighted by molar-refractivity contribution is 4.54. The quantitative estimate of drug-likeness (QED) is 0.249. The van der Waals surface area contributed by atoms with Crippen molar-refractivity contribution in [2.75, 3.05) is 26.4 Å². The maximum absolute atomic E-state index is 9.19. The fourth-order valence-electron chi connectivity index (χ4n) is 2.99. The number of rotatable bonds is 21. The van der Waals surface area contributed by atoms with Crippen LogP contribution in [-0.4, -0.2) is 49.8 Å². The lowest BCUT2D eigenvalue weighted by molar-refractivity contribution is -0.0701. The van der Waals surface area contributed by atoms with E-state index in [4.69, 9.17) is 14.2 Å². The summed E-state index contributed by atoms with van der Waals surface area (Å²) in [5.74, 6) is 0. The van der Waals surface area contributed by atoms with Gasteiger partial charge in [-0.1, -0.05) is 77.6 Å². The third kappa shape index (κ3) is 22.0. The first-order valence-electron chi connectivity index (χ1n) is 11.5. The Bertz CT molecular complexity index is 284. The number of hydrogen-bond donors (Lipinski definition) is 1. The van der Waals surface area contributed by atoms with Crippen molar-refractivity contribution in [1.82, 2.24) is 0 Å². The second-order valence-electron chi connectivity index (χ2n) is 8.10. The van der Waals surface area contributed by atoms with E-state index in [0.717, 1.165) is 13.0 Å². The first kappa shape index (κ1) is 26.8.